The van der Waals surface area contributed by atoms with Gasteiger partial charge in [0.2, 0.25) is 0 Å². The highest BCUT2D eigenvalue weighted by Gasteiger charge is 2.41. The Morgan fingerprint density at radius 2 is 2.00 bits per heavy atom. The lowest BCUT2D eigenvalue weighted by atomic mass is 9.76. The first-order valence-electron chi connectivity index (χ1n) is 5.60. The highest BCUT2D eigenvalue weighted by atomic mass is 19.1. The number of nitrogens with one attached hydrogen (secondary N) is 1. The molecule has 0 amide bonds. The van der Waals surface area contributed by atoms with E-state index in [0.29, 0.717) is 12.3 Å². The van der Waals surface area contributed by atoms with E-state index in [4.69, 9.17) is 0 Å². The SMILES string of the molecule is CC1(F)CCNCC1C1CCCC1. The molecule has 76 valence electrons. The van der Waals surface area contributed by atoms with Crippen molar-refractivity contribution in [3.63, 3.8) is 0 Å². The van der Waals surface area contributed by atoms with Crippen molar-refractivity contribution in [2.24, 2.45) is 11.8 Å². The zero-order valence-electron chi connectivity index (χ0n) is 8.48. The summed E-state index contributed by atoms with van der Waals surface area (Å²) in [7, 11) is 0. The molecule has 0 aromatic carbocycles. The largest absolute Gasteiger partial charge is 0.316 e. The van der Waals surface area contributed by atoms with Crippen molar-refractivity contribution in [1.82, 2.24) is 5.32 Å². The van der Waals surface area contributed by atoms with Crippen molar-refractivity contribution in [2.75, 3.05) is 13.1 Å². The Labute approximate surface area is 80.1 Å². The second-order valence-electron chi connectivity index (χ2n) is 4.88. The topological polar surface area (TPSA) is 12.0 Å². The fourth-order valence-electron chi connectivity index (χ4n) is 3.01. The second kappa shape index (κ2) is 3.56. The minimum absolute atomic E-state index is 0.281. The zero-order chi connectivity index (χ0) is 9.31. The molecule has 1 aliphatic heterocycles. The minimum atomic E-state index is -0.903. The number of rotatable bonds is 1. The number of halogens is 1. The van der Waals surface area contributed by atoms with Crippen molar-refractivity contribution in [1.29, 1.82) is 0 Å². The van der Waals surface area contributed by atoms with Gasteiger partial charge in [0.25, 0.3) is 0 Å². The van der Waals surface area contributed by atoms with E-state index >= 15 is 0 Å². The first-order chi connectivity index (χ1) is 6.20. The van der Waals surface area contributed by atoms with Crippen LogP contribution in [0.15, 0.2) is 0 Å². The third kappa shape index (κ3) is 1.88. The van der Waals surface area contributed by atoms with Gasteiger partial charge in [0, 0.05) is 12.5 Å². The molecule has 2 heteroatoms. The van der Waals surface area contributed by atoms with E-state index in [1.807, 2.05) is 0 Å². The molecule has 2 rings (SSSR count). The predicted molar refractivity (Wildman–Crippen MR) is 52.4 cm³/mol. The minimum Gasteiger partial charge on any atom is -0.316 e. The molecular formula is C11H20FN. The van der Waals surface area contributed by atoms with Crippen LogP contribution in [0.5, 0.6) is 0 Å². The molecule has 0 radical (unpaired) electrons. The lowest BCUT2D eigenvalue weighted by molar-refractivity contribution is 0.0322. The summed E-state index contributed by atoms with van der Waals surface area (Å²) in [4.78, 5) is 0. The smallest absolute Gasteiger partial charge is 0.113 e. The van der Waals surface area contributed by atoms with Crippen LogP contribution in [-0.4, -0.2) is 18.8 Å². The quantitative estimate of drug-likeness (QED) is 0.662. The lowest BCUT2D eigenvalue weighted by Gasteiger charge is -2.39. The molecule has 1 N–H and O–H groups in total. The van der Waals surface area contributed by atoms with Gasteiger partial charge in [0.05, 0.1) is 0 Å². The summed E-state index contributed by atoms with van der Waals surface area (Å²) < 4.78 is 14.1. The van der Waals surface area contributed by atoms with E-state index < -0.39 is 5.67 Å². The van der Waals surface area contributed by atoms with E-state index in [1.54, 1.807) is 6.92 Å². The number of alkyl halides is 1. The molecule has 2 fully saturated rings. The standard InChI is InChI=1S/C11H20FN/c1-11(12)6-7-13-8-10(11)9-4-2-3-5-9/h9-10,13H,2-8H2,1H3. The van der Waals surface area contributed by atoms with Crippen LogP contribution in [0.2, 0.25) is 0 Å². The number of hydrogen-bond acceptors (Lipinski definition) is 1. The van der Waals surface area contributed by atoms with E-state index in [0.717, 1.165) is 13.1 Å². The molecule has 1 nitrogen and oxygen atoms in total. The van der Waals surface area contributed by atoms with Crippen LogP contribution >= 0.6 is 0 Å². The van der Waals surface area contributed by atoms with E-state index in [9.17, 15) is 4.39 Å². The normalized spacial score (nSPS) is 42.5. The van der Waals surface area contributed by atoms with E-state index in [-0.39, 0.29) is 5.92 Å². The van der Waals surface area contributed by atoms with Crippen LogP contribution in [0.3, 0.4) is 0 Å². The van der Waals surface area contributed by atoms with Gasteiger partial charge >= 0.3 is 0 Å². The maximum absolute atomic E-state index is 14.1. The summed E-state index contributed by atoms with van der Waals surface area (Å²) in [6, 6.07) is 0. The molecule has 1 saturated heterocycles. The maximum atomic E-state index is 14.1. The van der Waals surface area contributed by atoms with Crippen molar-refractivity contribution < 1.29 is 4.39 Å². The molecule has 0 bridgehead atoms. The van der Waals surface area contributed by atoms with Crippen molar-refractivity contribution in [3.8, 4) is 0 Å². The Bertz CT molecular complexity index is 173. The fraction of sp³-hybridized carbons (Fsp3) is 1.00. The van der Waals surface area contributed by atoms with Gasteiger partial charge in [-0.3, -0.25) is 0 Å². The van der Waals surface area contributed by atoms with Crippen molar-refractivity contribution >= 4 is 0 Å². The monoisotopic (exact) mass is 185 g/mol. The van der Waals surface area contributed by atoms with Gasteiger partial charge in [-0.25, -0.2) is 4.39 Å². The summed E-state index contributed by atoms with van der Waals surface area (Å²) in [6.45, 7) is 3.56. The van der Waals surface area contributed by atoms with E-state index in [2.05, 4.69) is 5.32 Å². The molecule has 13 heavy (non-hydrogen) atoms. The van der Waals surface area contributed by atoms with Gasteiger partial charge in [-0.1, -0.05) is 25.7 Å². The molecular weight excluding hydrogens is 165 g/mol. The van der Waals surface area contributed by atoms with Gasteiger partial charge in [-0.15, -0.1) is 0 Å². The Morgan fingerprint density at radius 3 is 2.62 bits per heavy atom. The molecule has 2 aliphatic rings. The van der Waals surface area contributed by atoms with Crippen LogP contribution in [0, 0.1) is 11.8 Å². The number of hydrogen-bond donors (Lipinski definition) is 1. The van der Waals surface area contributed by atoms with E-state index in [1.165, 1.54) is 25.7 Å². The van der Waals surface area contributed by atoms with Crippen LogP contribution in [0.4, 0.5) is 4.39 Å². The third-order valence-electron chi connectivity index (χ3n) is 3.90. The van der Waals surface area contributed by atoms with Crippen molar-refractivity contribution in [3.05, 3.63) is 0 Å². The maximum Gasteiger partial charge on any atom is 0.113 e. The molecule has 2 atom stereocenters. The van der Waals surface area contributed by atoms with Gasteiger partial charge in [0.1, 0.15) is 5.67 Å². The fourth-order valence-corrected chi connectivity index (χ4v) is 3.01. The number of piperidine rings is 1. The Morgan fingerprint density at radius 1 is 1.31 bits per heavy atom. The highest BCUT2D eigenvalue weighted by molar-refractivity contribution is 4.93. The third-order valence-corrected chi connectivity index (χ3v) is 3.90. The summed E-state index contributed by atoms with van der Waals surface area (Å²) >= 11 is 0. The molecule has 0 aromatic rings. The summed E-state index contributed by atoms with van der Waals surface area (Å²) in [5.41, 5.74) is -0.903. The van der Waals surface area contributed by atoms with Crippen LogP contribution < -0.4 is 5.32 Å². The van der Waals surface area contributed by atoms with Gasteiger partial charge in [-0.2, -0.15) is 0 Å². The molecule has 0 aromatic heterocycles. The summed E-state index contributed by atoms with van der Waals surface area (Å²) in [6.07, 6.45) is 5.85. The zero-order valence-corrected chi connectivity index (χ0v) is 8.48. The van der Waals surface area contributed by atoms with Crippen LogP contribution in [-0.2, 0) is 0 Å². The molecule has 1 aliphatic carbocycles. The Kier molecular flexibility index (Phi) is 2.59. The van der Waals surface area contributed by atoms with Crippen LogP contribution in [0.1, 0.15) is 39.0 Å². The second-order valence-corrected chi connectivity index (χ2v) is 4.88. The molecule has 1 heterocycles. The lowest BCUT2D eigenvalue weighted by Crippen LogP contribution is -2.48. The Balaban J connectivity index is 2.02. The first-order valence-corrected chi connectivity index (χ1v) is 5.60. The van der Waals surface area contributed by atoms with Gasteiger partial charge in [-0.05, 0) is 25.8 Å². The van der Waals surface area contributed by atoms with Crippen LogP contribution in [0.25, 0.3) is 0 Å². The molecule has 1 saturated carbocycles. The van der Waals surface area contributed by atoms with Gasteiger partial charge < -0.3 is 5.32 Å². The average Bonchev–Trinajstić information content (AvgIpc) is 2.55. The first kappa shape index (κ1) is 9.45. The molecule has 0 spiro atoms. The summed E-state index contributed by atoms with van der Waals surface area (Å²) in [5, 5.41) is 3.33. The molecule has 2 unspecified atom stereocenters. The predicted octanol–water partition coefficient (Wildman–Crippen LogP) is 2.51. The van der Waals surface area contributed by atoms with Crippen molar-refractivity contribution in [2.45, 2.75) is 44.7 Å². The summed E-state index contributed by atoms with van der Waals surface area (Å²) in [5.74, 6) is 0.937. The average molecular weight is 185 g/mol. The highest BCUT2D eigenvalue weighted by Crippen LogP contribution is 2.41. The Hall–Kier alpha value is -0.110. The van der Waals surface area contributed by atoms with Gasteiger partial charge in [0.15, 0.2) is 0 Å².